The molecule has 6 heteroatoms. The third-order valence-electron chi connectivity index (χ3n) is 6.45. The molecule has 0 amide bonds. The Kier molecular flexibility index (Phi) is 5.39. The Hall–Kier alpha value is -2.89. The van der Waals surface area contributed by atoms with Crippen molar-refractivity contribution in [3.8, 4) is 0 Å². The Morgan fingerprint density at radius 1 is 0.900 bits per heavy atom. The molecule has 6 nitrogen and oxygen atoms in total. The van der Waals surface area contributed by atoms with Gasteiger partial charge in [0.15, 0.2) is 5.41 Å². The van der Waals surface area contributed by atoms with Crippen molar-refractivity contribution in [3.63, 3.8) is 0 Å². The van der Waals surface area contributed by atoms with Crippen LogP contribution in [0.3, 0.4) is 0 Å². The zero-order valence-corrected chi connectivity index (χ0v) is 18.3. The lowest BCUT2D eigenvalue weighted by atomic mass is 9.51. The van der Waals surface area contributed by atoms with Crippen molar-refractivity contribution in [3.05, 3.63) is 58.7 Å². The topological polar surface area (TPSA) is 78.9 Å². The van der Waals surface area contributed by atoms with Gasteiger partial charge in [0.2, 0.25) is 0 Å². The molecular formula is C24H28O6. The third-order valence-corrected chi connectivity index (χ3v) is 6.45. The summed E-state index contributed by atoms with van der Waals surface area (Å²) >= 11 is 0. The standard InChI is InChI=1S/C24H28O6/c1-22(2)13-18-15(11-19(25)28-4)12-24(20(26)29-5,21(27)30-6)14-23(18,3)17-10-8-7-9-16(17)22/h7-11,13H,12,14H2,1-6H3/b15-11+. The summed E-state index contributed by atoms with van der Waals surface area (Å²) in [7, 11) is 3.80. The number of methoxy groups -OCH3 is 3. The summed E-state index contributed by atoms with van der Waals surface area (Å²) in [5, 5.41) is 0. The summed E-state index contributed by atoms with van der Waals surface area (Å²) in [4.78, 5) is 38.1. The van der Waals surface area contributed by atoms with Crippen LogP contribution >= 0.6 is 0 Å². The number of hydrogen-bond donors (Lipinski definition) is 0. The second-order valence-electron chi connectivity index (χ2n) is 8.77. The van der Waals surface area contributed by atoms with Gasteiger partial charge in [-0.3, -0.25) is 9.59 Å². The van der Waals surface area contributed by atoms with Gasteiger partial charge in [0.1, 0.15) is 0 Å². The lowest BCUT2D eigenvalue weighted by Gasteiger charge is -2.51. The number of rotatable bonds is 3. The molecule has 0 radical (unpaired) electrons. The lowest BCUT2D eigenvalue weighted by Crippen LogP contribution is -2.52. The van der Waals surface area contributed by atoms with E-state index in [0.717, 1.165) is 16.7 Å². The van der Waals surface area contributed by atoms with Crippen molar-refractivity contribution in [2.45, 2.75) is 44.4 Å². The molecule has 3 rings (SSSR count). The summed E-state index contributed by atoms with van der Waals surface area (Å²) in [6.07, 6.45) is 3.67. The van der Waals surface area contributed by atoms with E-state index < -0.39 is 28.7 Å². The van der Waals surface area contributed by atoms with Crippen LogP contribution in [0.4, 0.5) is 0 Å². The van der Waals surface area contributed by atoms with Gasteiger partial charge in [0.05, 0.1) is 21.3 Å². The summed E-state index contributed by atoms with van der Waals surface area (Å²) in [5.74, 6) is -1.89. The highest BCUT2D eigenvalue weighted by molar-refractivity contribution is 6.02. The maximum absolute atomic E-state index is 13.0. The quantitative estimate of drug-likeness (QED) is 0.328. The van der Waals surface area contributed by atoms with Crippen molar-refractivity contribution in [2.24, 2.45) is 5.41 Å². The highest BCUT2D eigenvalue weighted by Gasteiger charge is 2.59. The van der Waals surface area contributed by atoms with E-state index in [1.165, 1.54) is 27.4 Å². The van der Waals surface area contributed by atoms with Gasteiger partial charge in [0, 0.05) is 16.9 Å². The van der Waals surface area contributed by atoms with Crippen LogP contribution in [0.1, 0.15) is 44.7 Å². The Labute approximate surface area is 176 Å². The van der Waals surface area contributed by atoms with E-state index in [-0.39, 0.29) is 18.3 Å². The van der Waals surface area contributed by atoms with Crippen LogP contribution in [0.25, 0.3) is 0 Å². The molecule has 30 heavy (non-hydrogen) atoms. The van der Waals surface area contributed by atoms with E-state index in [1.807, 2.05) is 25.1 Å². The molecule has 0 spiro atoms. The fraction of sp³-hybridized carbons (Fsp3) is 0.458. The molecule has 1 aromatic rings. The highest BCUT2D eigenvalue weighted by Crippen LogP contribution is 2.58. The molecule has 0 bridgehead atoms. The number of carbonyl (C=O) groups is 3. The summed E-state index contributed by atoms with van der Waals surface area (Å²) < 4.78 is 14.9. The number of esters is 3. The van der Waals surface area contributed by atoms with Gasteiger partial charge in [0.25, 0.3) is 0 Å². The lowest BCUT2D eigenvalue weighted by molar-refractivity contribution is -0.171. The number of ether oxygens (including phenoxy) is 3. The first-order valence-corrected chi connectivity index (χ1v) is 9.85. The monoisotopic (exact) mass is 412 g/mol. The summed E-state index contributed by atoms with van der Waals surface area (Å²) in [5.41, 5.74) is 1.06. The van der Waals surface area contributed by atoms with E-state index in [4.69, 9.17) is 14.2 Å². The molecule has 1 atom stereocenters. The van der Waals surface area contributed by atoms with Gasteiger partial charge >= 0.3 is 17.9 Å². The minimum Gasteiger partial charge on any atom is -0.468 e. The molecule has 1 saturated carbocycles. The normalized spacial score (nSPS) is 24.7. The maximum atomic E-state index is 13.0. The van der Waals surface area contributed by atoms with Gasteiger partial charge in [-0.15, -0.1) is 0 Å². The molecule has 0 N–H and O–H groups in total. The molecule has 1 aromatic carbocycles. The molecule has 2 aliphatic carbocycles. The third kappa shape index (κ3) is 3.15. The number of carbonyl (C=O) groups excluding carboxylic acids is 3. The molecule has 1 fully saturated rings. The predicted molar refractivity (Wildman–Crippen MR) is 111 cm³/mol. The first kappa shape index (κ1) is 21.8. The second kappa shape index (κ2) is 7.42. The fourth-order valence-corrected chi connectivity index (χ4v) is 5.09. The molecule has 1 unspecified atom stereocenters. The Bertz CT molecular complexity index is 952. The Balaban J connectivity index is 2.35. The maximum Gasteiger partial charge on any atom is 0.330 e. The van der Waals surface area contributed by atoms with E-state index >= 15 is 0 Å². The molecular weight excluding hydrogens is 384 g/mol. The smallest absolute Gasteiger partial charge is 0.330 e. The molecule has 160 valence electrons. The zero-order valence-electron chi connectivity index (χ0n) is 18.3. The Morgan fingerprint density at radius 3 is 2.00 bits per heavy atom. The first-order chi connectivity index (χ1) is 14.1. The highest BCUT2D eigenvalue weighted by atomic mass is 16.5. The van der Waals surface area contributed by atoms with Crippen LogP contribution in [0.2, 0.25) is 0 Å². The predicted octanol–water partition coefficient (Wildman–Crippen LogP) is 3.39. The van der Waals surface area contributed by atoms with E-state index in [0.29, 0.717) is 5.57 Å². The molecule has 0 heterocycles. The van der Waals surface area contributed by atoms with Gasteiger partial charge in [-0.05, 0) is 35.1 Å². The van der Waals surface area contributed by atoms with E-state index in [1.54, 1.807) is 0 Å². The van der Waals surface area contributed by atoms with Crippen LogP contribution < -0.4 is 0 Å². The van der Waals surface area contributed by atoms with Crippen LogP contribution in [0.5, 0.6) is 0 Å². The summed E-state index contributed by atoms with van der Waals surface area (Å²) in [6, 6.07) is 8.00. The minimum absolute atomic E-state index is 0.00111. The molecule has 0 aliphatic heterocycles. The fourth-order valence-electron chi connectivity index (χ4n) is 5.09. The van der Waals surface area contributed by atoms with Crippen molar-refractivity contribution in [1.29, 1.82) is 0 Å². The van der Waals surface area contributed by atoms with Gasteiger partial charge < -0.3 is 14.2 Å². The van der Waals surface area contributed by atoms with Crippen molar-refractivity contribution >= 4 is 17.9 Å². The number of hydrogen-bond acceptors (Lipinski definition) is 6. The summed E-state index contributed by atoms with van der Waals surface area (Å²) in [6.45, 7) is 6.21. The second-order valence-corrected chi connectivity index (χ2v) is 8.77. The minimum atomic E-state index is -1.57. The average Bonchev–Trinajstić information content (AvgIpc) is 2.73. The average molecular weight is 412 g/mol. The van der Waals surface area contributed by atoms with Crippen LogP contribution in [-0.2, 0) is 39.4 Å². The largest absolute Gasteiger partial charge is 0.468 e. The molecule has 2 aliphatic rings. The SMILES string of the molecule is COC(=O)/C=C1\CC(C(=O)OC)(C(=O)OC)CC2(C)C1=CC(C)(C)c1ccccc12. The zero-order chi connectivity index (χ0) is 22.3. The van der Waals surface area contributed by atoms with Gasteiger partial charge in [-0.25, -0.2) is 4.79 Å². The first-order valence-electron chi connectivity index (χ1n) is 9.85. The van der Waals surface area contributed by atoms with Crippen molar-refractivity contribution < 1.29 is 28.6 Å². The van der Waals surface area contributed by atoms with Gasteiger partial charge in [-0.1, -0.05) is 51.1 Å². The number of allylic oxidation sites excluding steroid dienone is 3. The van der Waals surface area contributed by atoms with Gasteiger partial charge in [-0.2, -0.15) is 0 Å². The number of benzene rings is 1. The van der Waals surface area contributed by atoms with Crippen LogP contribution in [0, 0.1) is 5.41 Å². The van der Waals surface area contributed by atoms with E-state index in [9.17, 15) is 14.4 Å². The van der Waals surface area contributed by atoms with Crippen molar-refractivity contribution in [2.75, 3.05) is 21.3 Å². The van der Waals surface area contributed by atoms with E-state index in [2.05, 4.69) is 26.0 Å². The molecule has 0 aromatic heterocycles. The van der Waals surface area contributed by atoms with Crippen LogP contribution in [-0.4, -0.2) is 39.2 Å². The molecule has 0 saturated heterocycles. The number of fused-ring (bicyclic) bond motifs is 3. The van der Waals surface area contributed by atoms with Crippen LogP contribution in [0.15, 0.2) is 47.6 Å². The van der Waals surface area contributed by atoms with Crippen molar-refractivity contribution in [1.82, 2.24) is 0 Å². The Morgan fingerprint density at radius 2 is 1.47 bits per heavy atom.